The Labute approximate surface area is 407 Å². The van der Waals surface area contributed by atoms with E-state index in [1.165, 1.54) is 141 Å². The summed E-state index contributed by atoms with van der Waals surface area (Å²) in [4.78, 5) is 2.69. The van der Waals surface area contributed by atoms with Crippen molar-refractivity contribution in [3.8, 4) is 5.69 Å². The molecule has 8 atom stereocenters. The van der Waals surface area contributed by atoms with Crippen molar-refractivity contribution in [2.75, 3.05) is 4.90 Å². The third kappa shape index (κ3) is 7.89. The predicted octanol–water partition coefficient (Wildman–Crippen LogP) is 17.0. The summed E-state index contributed by atoms with van der Waals surface area (Å²) >= 11 is 0. The van der Waals surface area contributed by atoms with Crippen LogP contribution < -0.4 is 4.90 Å². The average Bonchev–Trinajstić information content (AvgIpc) is 3.94. The molecule has 1 aliphatic heterocycles. The van der Waals surface area contributed by atoms with E-state index < -0.39 is 0 Å². The fourth-order valence-corrected chi connectivity index (χ4v) is 15.0. The number of nitrogens with zero attached hydrogens (tertiary/aromatic N) is 2. The van der Waals surface area contributed by atoms with Gasteiger partial charge in [0, 0.05) is 46.2 Å². The van der Waals surface area contributed by atoms with Crippen LogP contribution in [0.4, 0.5) is 11.4 Å². The van der Waals surface area contributed by atoms with Gasteiger partial charge in [-0.25, -0.2) is 0 Å². The van der Waals surface area contributed by atoms with Crippen molar-refractivity contribution < 1.29 is 0 Å². The molecule has 0 saturated heterocycles. The van der Waals surface area contributed by atoms with Crippen molar-refractivity contribution in [3.63, 3.8) is 0 Å². The van der Waals surface area contributed by atoms with Crippen molar-refractivity contribution >= 4 is 17.5 Å². The SMILES string of the molecule is C1=CCC(C2=CCCC(c3cccc(N4c5cc(C6C=Cc7c8c(n(-c9ccc(C%10CC(c%11ccccc%11)CC(C%11CCCCC%11)C%10)cc9)c7C6)CCCC8)ccc5C5C=CC=CC54)c3)C2)C=C1. The van der Waals surface area contributed by atoms with Gasteiger partial charge in [0.2, 0.25) is 0 Å². The van der Waals surface area contributed by atoms with Crippen LogP contribution >= 0.6 is 0 Å². The number of hydrogen-bond acceptors (Lipinski definition) is 1. The third-order valence-corrected chi connectivity index (χ3v) is 18.5. The molecule has 8 aliphatic rings. The number of aromatic nitrogens is 1. The molecule has 2 heterocycles. The van der Waals surface area contributed by atoms with E-state index in [9.17, 15) is 0 Å². The molecule has 2 saturated carbocycles. The van der Waals surface area contributed by atoms with E-state index in [0.717, 1.165) is 24.7 Å². The van der Waals surface area contributed by atoms with Crippen molar-refractivity contribution in [2.45, 2.75) is 145 Å². The summed E-state index contributed by atoms with van der Waals surface area (Å²) in [6.45, 7) is 0. The standard InChI is InChI=1S/C66H70N2/c1-4-16-45(17-5-1)49-22-14-23-50(38-49)51-24-15-25-58(42-51)68-64-29-13-11-27-60(64)62-37-33-53(44-66(62)68)52-32-36-61-59-26-10-12-28-63(59)67(65(61)43-52)57-34-30-48(31-35-57)56-40-54(46-18-6-2-7-19-46)39-55(41-56)47-20-8-3-9-21-47/h1-2,4-7,11,13,15-16,18-19,22,24-25,27,29-37,42,44-45,47,50,52,54-56,60,64H,3,8-10,12,14,17,20-21,23,26,28,38-41,43H2. The summed E-state index contributed by atoms with van der Waals surface area (Å²) in [5.41, 5.74) is 19.5. The first-order chi connectivity index (χ1) is 33.7. The summed E-state index contributed by atoms with van der Waals surface area (Å²) < 4.78 is 2.74. The molecule has 0 amide bonds. The summed E-state index contributed by atoms with van der Waals surface area (Å²) in [6, 6.07) is 39.2. The minimum Gasteiger partial charge on any atom is -0.333 e. The Bertz CT molecular complexity index is 2830. The van der Waals surface area contributed by atoms with Gasteiger partial charge in [-0.3, -0.25) is 0 Å². The molecule has 2 fully saturated rings. The van der Waals surface area contributed by atoms with Gasteiger partial charge < -0.3 is 9.47 Å². The van der Waals surface area contributed by atoms with E-state index in [-0.39, 0.29) is 6.04 Å². The van der Waals surface area contributed by atoms with Gasteiger partial charge in [0.25, 0.3) is 0 Å². The Morgan fingerprint density at radius 1 is 0.515 bits per heavy atom. The Balaban J connectivity index is 0.795. The number of fused-ring (bicyclic) bond motifs is 6. The highest BCUT2D eigenvalue weighted by Crippen LogP contribution is 2.52. The molecule has 2 nitrogen and oxygen atoms in total. The molecular weight excluding hydrogens is 821 g/mol. The van der Waals surface area contributed by atoms with Crippen LogP contribution in [0.25, 0.3) is 11.8 Å². The smallest absolute Gasteiger partial charge is 0.0629 e. The second-order valence-corrected chi connectivity index (χ2v) is 22.2. The van der Waals surface area contributed by atoms with Crippen LogP contribution in [-0.2, 0) is 19.3 Å². The highest BCUT2D eigenvalue weighted by molar-refractivity contribution is 5.77. The first kappa shape index (κ1) is 42.5. The molecule has 68 heavy (non-hydrogen) atoms. The van der Waals surface area contributed by atoms with E-state index in [0.29, 0.717) is 35.5 Å². The van der Waals surface area contributed by atoms with E-state index in [1.54, 1.807) is 28.0 Å². The maximum atomic E-state index is 2.74. The molecule has 7 aliphatic carbocycles. The molecule has 13 rings (SSSR count). The summed E-state index contributed by atoms with van der Waals surface area (Å²) in [7, 11) is 0. The normalized spacial score (nSPS) is 28.5. The highest BCUT2D eigenvalue weighted by Gasteiger charge is 2.39. The zero-order chi connectivity index (χ0) is 45.0. The number of anilines is 2. The molecule has 8 unspecified atom stereocenters. The van der Waals surface area contributed by atoms with Gasteiger partial charge in [-0.1, -0.05) is 171 Å². The van der Waals surface area contributed by atoms with E-state index >= 15 is 0 Å². The van der Waals surface area contributed by atoms with Crippen LogP contribution in [0.1, 0.15) is 170 Å². The number of rotatable bonds is 8. The number of benzene rings is 4. The lowest BCUT2D eigenvalue weighted by molar-refractivity contribution is 0.168. The van der Waals surface area contributed by atoms with Gasteiger partial charge in [0.05, 0.1) is 6.04 Å². The Hall–Kier alpha value is -5.60. The van der Waals surface area contributed by atoms with E-state index in [2.05, 4.69) is 173 Å². The van der Waals surface area contributed by atoms with Crippen molar-refractivity contribution in [3.05, 3.63) is 214 Å². The molecular formula is C66H70N2. The zero-order valence-corrected chi connectivity index (χ0v) is 40.2. The first-order valence-corrected chi connectivity index (χ1v) is 27.2. The maximum absolute atomic E-state index is 2.74. The largest absolute Gasteiger partial charge is 0.333 e. The Morgan fingerprint density at radius 3 is 2.16 bits per heavy atom. The topological polar surface area (TPSA) is 8.17 Å². The lowest BCUT2D eigenvalue weighted by Gasteiger charge is -2.41. The van der Waals surface area contributed by atoms with Crippen LogP contribution in [0.3, 0.4) is 0 Å². The van der Waals surface area contributed by atoms with Gasteiger partial charge in [-0.2, -0.15) is 0 Å². The van der Waals surface area contributed by atoms with E-state index in [1.807, 2.05) is 0 Å². The minimum atomic E-state index is 0.290. The van der Waals surface area contributed by atoms with Crippen molar-refractivity contribution in [2.24, 2.45) is 17.8 Å². The van der Waals surface area contributed by atoms with Gasteiger partial charge in [0.15, 0.2) is 0 Å². The Kier molecular flexibility index (Phi) is 11.5. The van der Waals surface area contributed by atoms with Gasteiger partial charge >= 0.3 is 0 Å². The van der Waals surface area contributed by atoms with Crippen LogP contribution in [0, 0.1) is 17.8 Å². The summed E-state index contributed by atoms with van der Waals surface area (Å²) in [5.74, 6) is 4.87. The van der Waals surface area contributed by atoms with Crippen LogP contribution in [-0.4, -0.2) is 10.6 Å². The lowest BCUT2D eigenvalue weighted by atomic mass is 9.64. The van der Waals surface area contributed by atoms with Crippen molar-refractivity contribution in [1.29, 1.82) is 0 Å². The molecule has 4 aromatic carbocycles. The molecule has 344 valence electrons. The molecule has 0 bridgehead atoms. The highest BCUT2D eigenvalue weighted by atomic mass is 15.2. The van der Waals surface area contributed by atoms with Gasteiger partial charge in [-0.15, -0.1) is 0 Å². The molecule has 0 radical (unpaired) electrons. The predicted molar refractivity (Wildman–Crippen MR) is 285 cm³/mol. The lowest BCUT2D eigenvalue weighted by Crippen LogP contribution is -2.28. The number of hydrogen-bond donors (Lipinski definition) is 0. The second-order valence-electron chi connectivity index (χ2n) is 22.2. The fourth-order valence-electron chi connectivity index (χ4n) is 15.0. The molecule has 0 spiro atoms. The van der Waals surface area contributed by atoms with Crippen molar-refractivity contribution in [1.82, 2.24) is 4.57 Å². The zero-order valence-electron chi connectivity index (χ0n) is 40.2. The number of allylic oxidation sites excluding steroid dienone is 9. The monoisotopic (exact) mass is 891 g/mol. The average molecular weight is 891 g/mol. The Morgan fingerprint density at radius 2 is 1.31 bits per heavy atom. The molecule has 1 aromatic heterocycles. The summed E-state index contributed by atoms with van der Waals surface area (Å²) in [6.07, 6.45) is 48.2. The van der Waals surface area contributed by atoms with E-state index in [4.69, 9.17) is 0 Å². The molecule has 0 N–H and O–H groups in total. The third-order valence-electron chi connectivity index (χ3n) is 18.5. The van der Waals surface area contributed by atoms with Crippen LogP contribution in [0.5, 0.6) is 0 Å². The molecule has 5 aromatic rings. The first-order valence-electron chi connectivity index (χ1n) is 27.2. The molecule has 2 heteroatoms. The summed E-state index contributed by atoms with van der Waals surface area (Å²) in [5, 5.41) is 0. The van der Waals surface area contributed by atoms with Gasteiger partial charge in [0.1, 0.15) is 0 Å². The minimum absolute atomic E-state index is 0.290. The van der Waals surface area contributed by atoms with Crippen LogP contribution in [0.2, 0.25) is 0 Å². The second kappa shape index (κ2) is 18.4. The quantitative estimate of drug-likeness (QED) is 0.141. The van der Waals surface area contributed by atoms with Crippen LogP contribution in [0.15, 0.2) is 163 Å². The maximum Gasteiger partial charge on any atom is 0.0629 e. The van der Waals surface area contributed by atoms with Gasteiger partial charge in [-0.05, 0) is 176 Å². The fraction of sp³-hybridized carbons (Fsp3) is 0.394.